The molecule has 0 aliphatic carbocycles. The molecule has 0 aliphatic rings. The Kier molecular flexibility index (Phi) is 4.68. The zero-order valence-corrected chi connectivity index (χ0v) is 10.9. The average Bonchev–Trinajstić information content (AvgIpc) is 3.01. The summed E-state index contributed by atoms with van der Waals surface area (Å²) < 4.78 is 18.3. The van der Waals surface area contributed by atoms with Crippen molar-refractivity contribution >= 4 is 17.5 Å². The van der Waals surface area contributed by atoms with E-state index in [2.05, 4.69) is 10.6 Å². The maximum absolute atomic E-state index is 13.3. The molecule has 1 aromatic carbocycles. The van der Waals surface area contributed by atoms with Gasteiger partial charge in [0.15, 0.2) is 0 Å². The molecule has 21 heavy (non-hydrogen) atoms. The molecule has 2 rings (SSSR count). The van der Waals surface area contributed by atoms with E-state index in [1.165, 1.54) is 30.5 Å². The molecule has 0 aliphatic heterocycles. The van der Waals surface area contributed by atoms with Gasteiger partial charge in [-0.3, -0.25) is 9.59 Å². The lowest BCUT2D eigenvalue weighted by Crippen LogP contribution is -2.37. The summed E-state index contributed by atoms with van der Waals surface area (Å²) in [6.45, 7) is -0.197. The van der Waals surface area contributed by atoms with Crippen molar-refractivity contribution in [3.8, 4) is 0 Å². The molecule has 0 saturated carbocycles. The molecule has 0 saturated heterocycles. The van der Waals surface area contributed by atoms with E-state index in [1.807, 2.05) is 0 Å². The van der Waals surface area contributed by atoms with Crippen LogP contribution in [0, 0.1) is 5.82 Å². The van der Waals surface area contributed by atoms with Gasteiger partial charge in [0.2, 0.25) is 0 Å². The first kappa shape index (κ1) is 14.7. The molecule has 3 N–H and O–H groups in total. The highest BCUT2D eigenvalue weighted by Gasteiger charge is 2.18. The third kappa shape index (κ3) is 3.90. The van der Waals surface area contributed by atoms with Crippen molar-refractivity contribution in [3.05, 3.63) is 54.2 Å². The van der Waals surface area contributed by atoms with E-state index in [4.69, 9.17) is 4.42 Å². The fourth-order valence-corrected chi connectivity index (χ4v) is 1.59. The second kappa shape index (κ2) is 6.67. The van der Waals surface area contributed by atoms with Gasteiger partial charge in [0.05, 0.1) is 18.5 Å². The van der Waals surface area contributed by atoms with Gasteiger partial charge in [-0.25, -0.2) is 4.39 Å². The first-order valence-electron chi connectivity index (χ1n) is 6.13. The molecule has 1 unspecified atom stereocenters. The summed E-state index contributed by atoms with van der Waals surface area (Å²) in [5.41, 5.74) is -0.0933. The van der Waals surface area contributed by atoms with E-state index < -0.39 is 23.7 Å². The molecule has 1 heterocycles. The molecular weight excluding hydrogens is 279 g/mol. The summed E-state index contributed by atoms with van der Waals surface area (Å²) in [7, 11) is 0. The third-order valence-corrected chi connectivity index (χ3v) is 2.66. The smallest absolute Gasteiger partial charge is 0.313 e. The molecule has 0 spiro atoms. The van der Waals surface area contributed by atoms with Gasteiger partial charge in [0, 0.05) is 0 Å². The second-order valence-corrected chi connectivity index (χ2v) is 4.18. The normalized spacial score (nSPS) is 11.7. The van der Waals surface area contributed by atoms with Crippen molar-refractivity contribution in [1.82, 2.24) is 5.32 Å². The number of furan rings is 1. The average molecular weight is 292 g/mol. The Morgan fingerprint density at radius 3 is 2.62 bits per heavy atom. The first-order valence-corrected chi connectivity index (χ1v) is 6.13. The van der Waals surface area contributed by atoms with Crippen molar-refractivity contribution in [2.75, 3.05) is 11.9 Å². The largest absolute Gasteiger partial charge is 0.467 e. The molecular formula is C14H13FN2O4. The Morgan fingerprint density at radius 1 is 1.19 bits per heavy atom. The van der Waals surface area contributed by atoms with Gasteiger partial charge in [0.25, 0.3) is 0 Å². The van der Waals surface area contributed by atoms with Gasteiger partial charge in [-0.1, -0.05) is 12.1 Å². The summed E-state index contributed by atoms with van der Waals surface area (Å²) in [5, 5.41) is 14.0. The van der Waals surface area contributed by atoms with E-state index in [0.29, 0.717) is 0 Å². The fourth-order valence-electron chi connectivity index (χ4n) is 1.59. The van der Waals surface area contributed by atoms with Gasteiger partial charge in [-0.05, 0) is 24.3 Å². The number of nitrogens with one attached hydrogen (secondary N) is 2. The lowest BCUT2D eigenvalue weighted by Gasteiger charge is -2.10. The SMILES string of the molecule is O=C(NCC(O)c1ccco1)C(=O)Nc1ccccc1F. The maximum atomic E-state index is 13.3. The quantitative estimate of drug-likeness (QED) is 0.739. The Hall–Kier alpha value is -2.67. The van der Waals surface area contributed by atoms with E-state index in [9.17, 15) is 19.1 Å². The molecule has 1 aromatic heterocycles. The number of amides is 2. The standard InChI is InChI=1S/C14H13FN2O4/c15-9-4-1-2-5-10(9)17-14(20)13(19)16-8-11(18)12-6-3-7-21-12/h1-7,11,18H,8H2,(H,16,19)(H,17,20). The molecule has 2 amide bonds. The predicted octanol–water partition coefficient (Wildman–Crippen LogP) is 1.21. The van der Waals surface area contributed by atoms with Crippen LogP contribution in [-0.4, -0.2) is 23.5 Å². The number of benzene rings is 1. The van der Waals surface area contributed by atoms with Gasteiger partial charge in [0.1, 0.15) is 17.7 Å². The molecule has 0 radical (unpaired) electrons. The molecule has 0 fully saturated rings. The predicted molar refractivity (Wildman–Crippen MR) is 71.7 cm³/mol. The molecule has 6 nitrogen and oxygen atoms in total. The molecule has 2 aromatic rings. The molecule has 110 valence electrons. The minimum Gasteiger partial charge on any atom is -0.467 e. The van der Waals surface area contributed by atoms with Crippen LogP contribution in [0.15, 0.2) is 47.1 Å². The Balaban J connectivity index is 1.86. The number of carbonyl (C=O) groups is 2. The number of hydrogen-bond acceptors (Lipinski definition) is 4. The van der Waals surface area contributed by atoms with E-state index in [1.54, 1.807) is 6.07 Å². The first-order chi connectivity index (χ1) is 10.1. The van der Waals surface area contributed by atoms with E-state index >= 15 is 0 Å². The molecule has 1 atom stereocenters. The number of para-hydroxylation sites is 1. The summed E-state index contributed by atoms with van der Waals surface area (Å²) in [4.78, 5) is 23.1. The van der Waals surface area contributed by atoms with Gasteiger partial charge in [-0.15, -0.1) is 0 Å². The van der Waals surface area contributed by atoms with Crippen molar-refractivity contribution in [2.24, 2.45) is 0 Å². The fraction of sp³-hybridized carbons (Fsp3) is 0.143. The number of anilines is 1. The maximum Gasteiger partial charge on any atom is 0.313 e. The number of halogens is 1. The van der Waals surface area contributed by atoms with Crippen molar-refractivity contribution in [3.63, 3.8) is 0 Å². The lowest BCUT2D eigenvalue weighted by atomic mass is 10.2. The van der Waals surface area contributed by atoms with Gasteiger partial charge >= 0.3 is 11.8 Å². The second-order valence-electron chi connectivity index (χ2n) is 4.18. The third-order valence-electron chi connectivity index (χ3n) is 2.66. The van der Waals surface area contributed by atoms with Crippen molar-refractivity contribution in [2.45, 2.75) is 6.10 Å². The molecule has 0 bridgehead atoms. The van der Waals surface area contributed by atoms with Crippen LogP contribution < -0.4 is 10.6 Å². The van der Waals surface area contributed by atoms with Crippen molar-refractivity contribution in [1.29, 1.82) is 0 Å². The minimum absolute atomic E-state index is 0.0933. The van der Waals surface area contributed by atoms with Crippen LogP contribution in [0.1, 0.15) is 11.9 Å². The monoisotopic (exact) mass is 292 g/mol. The van der Waals surface area contributed by atoms with Crippen LogP contribution in [0.5, 0.6) is 0 Å². The topological polar surface area (TPSA) is 91.6 Å². The number of aliphatic hydroxyl groups is 1. The van der Waals surface area contributed by atoms with Crippen LogP contribution in [0.3, 0.4) is 0 Å². The highest BCUT2D eigenvalue weighted by atomic mass is 19.1. The Bertz CT molecular complexity index is 628. The van der Waals surface area contributed by atoms with Crippen LogP contribution >= 0.6 is 0 Å². The number of aliphatic hydroxyl groups excluding tert-OH is 1. The highest BCUT2D eigenvalue weighted by molar-refractivity contribution is 6.39. The summed E-state index contributed by atoms with van der Waals surface area (Å²) in [5.74, 6) is -2.38. The molecule has 7 heteroatoms. The highest BCUT2D eigenvalue weighted by Crippen LogP contribution is 2.13. The zero-order valence-electron chi connectivity index (χ0n) is 10.9. The van der Waals surface area contributed by atoms with E-state index in [0.717, 1.165) is 6.07 Å². The summed E-state index contributed by atoms with van der Waals surface area (Å²) in [6.07, 6.45) is 0.316. The van der Waals surface area contributed by atoms with Crippen LogP contribution in [0.4, 0.5) is 10.1 Å². The summed E-state index contributed by atoms with van der Waals surface area (Å²) in [6, 6.07) is 8.61. The minimum atomic E-state index is -1.06. The van der Waals surface area contributed by atoms with E-state index in [-0.39, 0.29) is 18.0 Å². The van der Waals surface area contributed by atoms with Crippen LogP contribution in [-0.2, 0) is 9.59 Å². The number of carbonyl (C=O) groups excluding carboxylic acids is 2. The Morgan fingerprint density at radius 2 is 1.95 bits per heavy atom. The lowest BCUT2D eigenvalue weighted by molar-refractivity contribution is -0.136. The zero-order chi connectivity index (χ0) is 15.2. The number of hydrogen-bond donors (Lipinski definition) is 3. The number of rotatable bonds is 4. The Labute approximate surface area is 119 Å². The van der Waals surface area contributed by atoms with Gasteiger partial charge < -0.3 is 20.2 Å². The van der Waals surface area contributed by atoms with Crippen LogP contribution in [0.2, 0.25) is 0 Å². The van der Waals surface area contributed by atoms with Gasteiger partial charge in [-0.2, -0.15) is 0 Å². The van der Waals surface area contributed by atoms with Crippen molar-refractivity contribution < 1.29 is 23.5 Å². The summed E-state index contributed by atoms with van der Waals surface area (Å²) >= 11 is 0. The van der Waals surface area contributed by atoms with Crippen LogP contribution in [0.25, 0.3) is 0 Å².